The molecule has 2 rings (SSSR count). The molecule has 22 heavy (non-hydrogen) atoms. The van der Waals surface area contributed by atoms with E-state index in [1.54, 1.807) is 18.2 Å². The van der Waals surface area contributed by atoms with Crippen LogP contribution in [0, 0.1) is 0 Å². The normalized spacial score (nSPS) is 11.1. The molecule has 0 atom stereocenters. The molecule has 0 radical (unpaired) electrons. The van der Waals surface area contributed by atoms with Gasteiger partial charge in [-0.3, -0.25) is 0 Å². The molecule has 0 heterocycles. The van der Waals surface area contributed by atoms with E-state index in [0.29, 0.717) is 22.6 Å². The maximum absolute atomic E-state index is 12.3. The van der Waals surface area contributed by atoms with Crippen molar-refractivity contribution in [3.05, 3.63) is 36.4 Å². The summed E-state index contributed by atoms with van der Waals surface area (Å²) in [7, 11) is 2.90. The van der Waals surface area contributed by atoms with Crippen molar-refractivity contribution >= 4 is 0 Å². The maximum Gasteiger partial charge on any atom is 0.573 e. The van der Waals surface area contributed by atoms with E-state index in [4.69, 9.17) is 9.47 Å². The third kappa shape index (κ3) is 3.75. The Kier molecular flexibility index (Phi) is 4.35. The molecule has 0 spiro atoms. The summed E-state index contributed by atoms with van der Waals surface area (Å²) < 4.78 is 51.1. The zero-order chi connectivity index (χ0) is 16.3. The summed E-state index contributed by atoms with van der Waals surface area (Å²) in [6, 6.07) is 8.19. The Morgan fingerprint density at radius 3 is 2.23 bits per heavy atom. The third-order valence-electron chi connectivity index (χ3n) is 2.84. The third-order valence-corrected chi connectivity index (χ3v) is 2.84. The van der Waals surface area contributed by atoms with E-state index in [0.717, 1.165) is 12.1 Å². The van der Waals surface area contributed by atoms with Crippen molar-refractivity contribution < 1.29 is 32.5 Å². The van der Waals surface area contributed by atoms with Crippen LogP contribution in [0.1, 0.15) is 0 Å². The second kappa shape index (κ2) is 6.05. The first kappa shape index (κ1) is 15.8. The van der Waals surface area contributed by atoms with Crippen LogP contribution in [0.3, 0.4) is 0 Å². The fraction of sp³-hybridized carbons (Fsp3) is 0.200. The predicted molar refractivity (Wildman–Crippen MR) is 73.3 cm³/mol. The molecule has 2 aromatic rings. The Morgan fingerprint density at radius 2 is 1.64 bits per heavy atom. The fourth-order valence-electron chi connectivity index (χ4n) is 1.97. The van der Waals surface area contributed by atoms with Gasteiger partial charge in [0.15, 0.2) is 0 Å². The first-order valence-corrected chi connectivity index (χ1v) is 6.14. The van der Waals surface area contributed by atoms with Gasteiger partial charge in [0.25, 0.3) is 0 Å². The van der Waals surface area contributed by atoms with Gasteiger partial charge in [0, 0.05) is 11.6 Å². The first-order valence-electron chi connectivity index (χ1n) is 6.14. The number of hydrogen-bond acceptors (Lipinski definition) is 4. The first-order chi connectivity index (χ1) is 10.3. The molecule has 0 aliphatic rings. The smallest absolute Gasteiger partial charge is 0.508 e. The molecular weight excluding hydrogens is 301 g/mol. The van der Waals surface area contributed by atoms with E-state index in [2.05, 4.69) is 4.74 Å². The number of phenolic OH excluding ortho intramolecular Hbond substituents is 1. The molecule has 0 unspecified atom stereocenters. The van der Waals surface area contributed by atoms with Crippen LogP contribution in [0.2, 0.25) is 0 Å². The van der Waals surface area contributed by atoms with Gasteiger partial charge in [-0.1, -0.05) is 0 Å². The summed E-state index contributed by atoms with van der Waals surface area (Å²) in [5.74, 6) is 0.0378. The number of benzene rings is 2. The summed E-state index contributed by atoms with van der Waals surface area (Å²) in [5, 5.41) is 9.62. The minimum Gasteiger partial charge on any atom is -0.508 e. The molecule has 2 aromatic carbocycles. The number of hydrogen-bond donors (Lipinski definition) is 1. The summed E-state index contributed by atoms with van der Waals surface area (Å²) in [6.45, 7) is 0. The van der Waals surface area contributed by atoms with Gasteiger partial charge >= 0.3 is 6.36 Å². The highest BCUT2D eigenvalue weighted by Crippen LogP contribution is 2.38. The van der Waals surface area contributed by atoms with Crippen LogP contribution in [0.4, 0.5) is 13.2 Å². The number of halogens is 3. The Bertz CT molecular complexity index is 668. The van der Waals surface area contributed by atoms with Crippen molar-refractivity contribution in [1.82, 2.24) is 0 Å². The summed E-state index contributed by atoms with van der Waals surface area (Å²) in [6.07, 6.45) is -4.84. The van der Waals surface area contributed by atoms with Crippen molar-refractivity contribution in [3.63, 3.8) is 0 Å². The molecule has 4 nitrogen and oxygen atoms in total. The number of methoxy groups -OCH3 is 2. The maximum atomic E-state index is 12.3. The van der Waals surface area contributed by atoms with E-state index >= 15 is 0 Å². The average Bonchev–Trinajstić information content (AvgIpc) is 2.44. The van der Waals surface area contributed by atoms with Crippen molar-refractivity contribution in [2.75, 3.05) is 14.2 Å². The van der Waals surface area contributed by atoms with E-state index in [-0.39, 0.29) is 5.75 Å². The van der Waals surface area contributed by atoms with E-state index in [1.165, 1.54) is 20.3 Å². The van der Waals surface area contributed by atoms with E-state index in [9.17, 15) is 18.3 Å². The summed E-state index contributed by atoms with van der Waals surface area (Å²) in [5.41, 5.74) is 0.764. The van der Waals surface area contributed by atoms with Gasteiger partial charge in [-0.25, -0.2) is 0 Å². The Balaban J connectivity index is 2.52. The Labute approximate surface area is 124 Å². The second-order valence-corrected chi connectivity index (χ2v) is 4.33. The van der Waals surface area contributed by atoms with Crippen LogP contribution < -0.4 is 14.2 Å². The van der Waals surface area contributed by atoms with Gasteiger partial charge in [-0.2, -0.15) is 0 Å². The lowest BCUT2D eigenvalue weighted by atomic mass is 10.0. The van der Waals surface area contributed by atoms with Crippen molar-refractivity contribution in [2.24, 2.45) is 0 Å². The quantitative estimate of drug-likeness (QED) is 0.927. The minimum absolute atomic E-state index is 0.301. The molecule has 0 saturated carbocycles. The molecule has 7 heteroatoms. The molecule has 0 aliphatic carbocycles. The van der Waals surface area contributed by atoms with Gasteiger partial charge in [-0.15, -0.1) is 13.2 Å². The molecule has 0 aromatic heterocycles. The highest BCUT2D eigenvalue weighted by Gasteiger charge is 2.31. The molecule has 0 amide bonds. The highest BCUT2D eigenvalue weighted by atomic mass is 19.4. The average molecular weight is 314 g/mol. The predicted octanol–water partition coefficient (Wildman–Crippen LogP) is 3.98. The van der Waals surface area contributed by atoms with Gasteiger partial charge < -0.3 is 19.3 Å². The SMILES string of the molecule is COc1ccc(OC)c(-c2cc(O)cc(OC(F)(F)F)c2)c1. The summed E-state index contributed by atoms with van der Waals surface area (Å²) >= 11 is 0. The zero-order valence-electron chi connectivity index (χ0n) is 11.8. The number of alkyl halides is 3. The van der Waals surface area contributed by atoms with Crippen molar-refractivity contribution in [2.45, 2.75) is 6.36 Å². The van der Waals surface area contributed by atoms with Crippen LogP contribution in [0.25, 0.3) is 11.1 Å². The molecule has 0 saturated heterocycles. The van der Waals surface area contributed by atoms with Gasteiger partial charge in [0.2, 0.25) is 0 Å². The number of ether oxygens (including phenoxy) is 3. The summed E-state index contributed by atoms with van der Waals surface area (Å²) in [4.78, 5) is 0. The van der Waals surface area contributed by atoms with Crippen LogP contribution in [0.15, 0.2) is 36.4 Å². The molecule has 0 aliphatic heterocycles. The lowest BCUT2D eigenvalue weighted by Crippen LogP contribution is -2.17. The monoisotopic (exact) mass is 314 g/mol. The van der Waals surface area contributed by atoms with Crippen LogP contribution >= 0.6 is 0 Å². The van der Waals surface area contributed by atoms with E-state index < -0.39 is 12.1 Å². The zero-order valence-corrected chi connectivity index (χ0v) is 11.8. The second-order valence-electron chi connectivity index (χ2n) is 4.33. The van der Waals surface area contributed by atoms with Gasteiger partial charge in [0.05, 0.1) is 14.2 Å². The highest BCUT2D eigenvalue weighted by molar-refractivity contribution is 5.74. The molecule has 1 N–H and O–H groups in total. The number of phenols is 1. The Morgan fingerprint density at radius 1 is 0.909 bits per heavy atom. The molecular formula is C15H13F3O4. The van der Waals surface area contributed by atoms with Crippen LogP contribution in [0.5, 0.6) is 23.0 Å². The Hall–Kier alpha value is -2.57. The van der Waals surface area contributed by atoms with Crippen molar-refractivity contribution in [1.29, 1.82) is 0 Å². The largest absolute Gasteiger partial charge is 0.573 e. The van der Waals surface area contributed by atoms with Crippen molar-refractivity contribution in [3.8, 4) is 34.1 Å². The van der Waals surface area contributed by atoms with Crippen LogP contribution in [-0.4, -0.2) is 25.7 Å². The minimum atomic E-state index is -4.84. The topological polar surface area (TPSA) is 47.9 Å². The number of rotatable bonds is 4. The molecule has 0 fully saturated rings. The van der Waals surface area contributed by atoms with Crippen LogP contribution in [-0.2, 0) is 0 Å². The van der Waals surface area contributed by atoms with Gasteiger partial charge in [0.1, 0.15) is 23.0 Å². The van der Waals surface area contributed by atoms with Gasteiger partial charge in [-0.05, 0) is 35.9 Å². The molecule has 118 valence electrons. The lowest BCUT2D eigenvalue weighted by Gasteiger charge is -2.14. The standard InChI is InChI=1S/C15H13F3O4/c1-20-11-3-4-14(21-2)13(8-11)9-5-10(19)7-12(6-9)22-15(16,17)18/h3-8,19H,1-2H3. The fourth-order valence-corrected chi connectivity index (χ4v) is 1.97. The lowest BCUT2D eigenvalue weighted by molar-refractivity contribution is -0.274. The van der Waals surface area contributed by atoms with E-state index in [1.807, 2.05) is 0 Å². The molecule has 0 bridgehead atoms. The number of aromatic hydroxyl groups is 1.